The molecule has 0 saturated heterocycles. The van der Waals surface area contributed by atoms with E-state index in [9.17, 15) is 0 Å². The maximum Gasteiger partial charge on any atom is 0.191 e. The first-order valence-corrected chi connectivity index (χ1v) is 8.03. The Bertz CT molecular complexity index is 467. The largest absolute Gasteiger partial charge is 0.494 e. The minimum Gasteiger partial charge on any atom is -0.494 e. The van der Waals surface area contributed by atoms with Crippen molar-refractivity contribution in [3.05, 3.63) is 29.3 Å². The van der Waals surface area contributed by atoms with Gasteiger partial charge in [-0.25, -0.2) is 4.99 Å². The van der Waals surface area contributed by atoms with Crippen LogP contribution < -0.4 is 15.4 Å². The number of halogens is 1. The van der Waals surface area contributed by atoms with E-state index in [1.807, 2.05) is 13.8 Å². The molecule has 0 fully saturated rings. The Morgan fingerprint density at radius 2 is 1.91 bits per heavy atom. The molecule has 1 aromatic rings. The van der Waals surface area contributed by atoms with Crippen LogP contribution in [-0.4, -0.2) is 38.9 Å². The molecule has 0 aliphatic heterocycles. The fourth-order valence-electron chi connectivity index (χ4n) is 1.97. The van der Waals surface area contributed by atoms with Crippen LogP contribution in [0.4, 0.5) is 0 Å². The zero-order valence-electron chi connectivity index (χ0n) is 14.6. The van der Waals surface area contributed by atoms with E-state index in [-0.39, 0.29) is 24.0 Å². The second-order valence-electron chi connectivity index (χ2n) is 4.86. The Morgan fingerprint density at radius 1 is 1.13 bits per heavy atom. The summed E-state index contributed by atoms with van der Waals surface area (Å²) in [6.07, 6.45) is 0. The van der Waals surface area contributed by atoms with Gasteiger partial charge < -0.3 is 20.1 Å². The van der Waals surface area contributed by atoms with Crippen LogP contribution in [0.15, 0.2) is 23.2 Å². The first-order chi connectivity index (χ1) is 10.7. The number of aryl methyl sites for hydroxylation is 1. The van der Waals surface area contributed by atoms with Crippen LogP contribution in [0.3, 0.4) is 0 Å². The van der Waals surface area contributed by atoms with E-state index in [4.69, 9.17) is 9.47 Å². The minimum atomic E-state index is 0. The molecule has 0 saturated carbocycles. The van der Waals surface area contributed by atoms with Gasteiger partial charge in [-0.1, -0.05) is 12.1 Å². The normalized spacial score (nSPS) is 10.9. The van der Waals surface area contributed by atoms with Gasteiger partial charge in [0.15, 0.2) is 5.96 Å². The van der Waals surface area contributed by atoms with Crippen molar-refractivity contribution in [3.8, 4) is 5.75 Å². The predicted octanol–water partition coefficient (Wildman–Crippen LogP) is 3.10. The molecule has 0 spiro atoms. The topological polar surface area (TPSA) is 54.9 Å². The Labute approximate surface area is 157 Å². The maximum absolute atomic E-state index is 5.69. The average molecular weight is 435 g/mol. The van der Waals surface area contributed by atoms with Gasteiger partial charge in [-0.15, -0.1) is 24.0 Å². The van der Waals surface area contributed by atoms with Gasteiger partial charge in [-0.3, -0.25) is 0 Å². The Balaban J connectivity index is 0.00000484. The SMILES string of the molecule is CCNC(=NCc1ccc(C)cc1OCC)NCCOCC.I. The Morgan fingerprint density at radius 3 is 2.57 bits per heavy atom. The van der Waals surface area contributed by atoms with Crippen molar-refractivity contribution in [2.24, 2.45) is 4.99 Å². The number of hydrogen-bond donors (Lipinski definition) is 2. The molecule has 0 radical (unpaired) electrons. The van der Waals surface area contributed by atoms with Crippen molar-refractivity contribution in [3.63, 3.8) is 0 Å². The van der Waals surface area contributed by atoms with Gasteiger partial charge in [-0.05, 0) is 39.3 Å². The number of aliphatic imine (C=N–C) groups is 1. The lowest BCUT2D eigenvalue weighted by molar-refractivity contribution is 0.152. The molecular weight excluding hydrogens is 405 g/mol. The second-order valence-corrected chi connectivity index (χ2v) is 4.86. The first-order valence-electron chi connectivity index (χ1n) is 8.03. The van der Waals surface area contributed by atoms with Gasteiger partial charge >= 0.3 is 0 Å². The molecule has 132 valence electrons. The van der Waals surface area contributed by atoms with Gasteiger partial charge in [0.25, 0.3) is 0 Å². The summed E-state index contributed by atoms with van der Waals surface area (Å²) in [4.78, 5) is 4.61. The van der Waals surface area contributed by atoms with E-state index in [2.05, 4.69) is 47.7 Å². The highest BCUT2D eigenvalue weighted by Gasteiger charge is 2.04. The fourth-order valence-corrected chi connectivity index (χ4v) is 1.97. The average Bonchev–Trinajstić information content (AvgIpc) is 2.51. The summed E-state index contributed by atoms with van der Waals surface area (Å²) in [5.74, 6) is 1.71. The molecule has 1 aromatic carbocycles. The van der Waals surface area contributed by atoms with Crippen molar-refractivity contribution in [2.75, 3.05) is 32.9 Å². The van der Waals surface area contributed by atoms with E-state index in [0.29, 0.717) is 19.8 Å². The van der Waals surface area contributed by atoms with Crippen molar-refractivity contribution >= 4 is 29.9 Å². The third-order valence-electron chi connectivity index (χ3n) is 3.02. The Hall–Kier alpha value is -1.02. The second kappa shape index (κ2) is 13.4. The van der Waals surface area contributed by atoms with Crippen LogP contribution in [0.2, 0.25) is 0 Å². The molecule has 1 rings (SSSR count). The smallest absolute Gasteiger partial charge is 0.191 e. The van der Waals surface area contributed by atoms with Crippen molar-refractivity contribution in [1.82, 2.24) is 10.6 Å². The highest BCUT2D eigenvalue weighted by molar-refractivity contribution is 14.0. The van der Waals surface area contributed by atoms with E-state index in [1.54, 1.807) is 0 Å². The number of ether oxygens (including phenoxy) is 2. The summed E-state index contributed by atoms with van der Waals surface area (Å²) < 4.78 is 11.0. The zero-order chi connectivity index (χ0) is 16.2. The quantitative estimate of drug-likeness (QED) is 0.271. The summed E-state index contributed by atoms with van der Waals surface area (Å²) >= 11 is 0. The third-order valence-corrected chi connectivity index (χ3v) is 3.02. The molecule has 0 atom stereocenters. The minimum absolute atomic E-state index is 0. The molecule has 0 aliphatic rings. The summed E-state index contributed by atoms with van der Waals surface area (Å²) in [5, 5.41) is 6.50. The van der Waals surface area contributed by atoms with Gasteiger partial charge in [0.2, 0.25) is 0 Å². The first kappa shape index (κ1) is 22.0. The molecule has 0 aromatic heterocycles. The summed E-state index contributed by atoms with van der Waals surface area (Å²) in [6.45, 7) is 12.3. The molecule has 0 amide bonds. The lowest BCUT2D eigenvalue weighted by Gasteiger charge is -2.13. The number of rotatable bonds is 9. The van der Waals surface area contributed by atoms with Gasteiger partial charge in [0.1, 0.15) is 5.75 Å². The van der Waals surface area contributed by atoms with Crippen molar-refractivity contribution in [2.45, 2.75) is 34.2 Å². The molecule has 5 nitrogen and oxygen atoms in total. The molecule has 0 unspecified atom stereocenters. The molecule has 0 heterocycles. The molecule has 0 bridgehead atoms. The van der Waals surface area contributed by atoms with Crippen molar-refractivity contribution < 1.29 is 9.47 Å². The standard InChI is InChI=1S/C17H29N3O2.HI/c1-5-18-17(19-10-11-21-6-2)20-13-15-9-8-14(4)12-16(15)22-7-3;/h8-9,12H,5-7,10-11,13H2,1-4H3,(H2,18,19,20);1H. The van der Waals surface area contributed by atoms with Crippen LogP contribution in [0.1, 0.15) is 31.9 Å². The predicted molar refractivity (Wildman–Crippen MR) is 107 cm³/mol. The number of nitrogens with zero attached hydrogens (tertiary/aromatic N) is 1. The van der Waals surface area contributed by atoms with E-state index in [0.717, 1.165) is 37.0 Å². The van der Waals surface area contributed by atoms with E-state index >= 15 is 0 Å². The monoisotopic (exact) mass is 435 g/mol. The molecule has 6 heteroatoms. The lowest BCUT2D eigenvalue weighted by Crippen LogP contribution is -2.39. The van der Waals surface area contributed by atoms with Crippen LogP contribution in [0.25, 0.3) is 0 Å². The van der Waals surface area contributed by atoms with Gasteiger partial charge in [0.05, 0.1) is 19.8 Å². The van der Waals surface area contributed by atoms with Crippen LogP contribution in [0, 0.1) is 6.92 Å². The van der Waals surface area contributed by atoms with Gasteiger partial charge in [0, 0.05) is 25.3 Å². The third kappa shape index (κ3) is 9.00. The Kier molecular flexibility index (Phi) is 12.8. The zero-order valence-corrected chi connectivity index (χ0v) is 17.0. The van der Waals surface area contributed by atoms with Crippen LogP contribution in [-0.2, 0) is 11.3 Å². The van der Waals surface area contributed by atoms with Crippen LogP contribution >= 0.6 is 24.0 Å². The van der Waals surface area contributed by atoms with Crippen LogP contribution in [0.5, 0.6) is 5.75 Å². The number of guanidine groups is 1. The highest BCUT2D eigenvalue weighted by Crippen LogP contribution is 2.21. The molecule has 23 heavy (non-hydrogen) atoms. The maximum atomic E-state index is 5.69. The van der Waals surface area contributed by atoms with E-state index in [1.165, 1.54) is 5.56 Å². The van der Waals surface area contributed by atoms with Gasteiger partial charge in [-0.2, -0.15) is 0 Å². The molecule has 0 aliphatic carbocycles. The lowest BCUT2D eigenvalue weighted by atomic mass is 10.1. The molecule has 2 N–H and O–H groups in total. The fraction of sp³-hybridized carbons (Fsp3) is 0.588. The highest BCUT2D eigenvalue weighted by atomic mass is 127. The summed E-state index contributed by atoms with van der Waals surface area (Å²) in [5.41, 5.74) is 2.28. The molecular formula is C17H30IN3O2. The number of benzene rings is 1. The van der Waals surface area contributed by atoms with Crippen molar-refractivity contribution in [1.29, 1.82) is 0 Å². The summed E-state index contributed by atoms with van der Waals surface area (Å²) in [6, 6.07) is 6.22. The number of nitrogens with one attached hydrogen (secondary N) is 2. The number of hydrogen-bond acceptors (Lipinski definition) is 3. The summed E-state index contributed by atoms with van der Waals surface area (Å²) in [7, 11) is 0. The van der Waals surface area contributed by atoms with E-state index < -0.39 is 0 Å².